The molecule has 1 atom stereocenters. The monoisotopic (exact) mass is 350 g/mol. The molecular weight excluding hydrogens is 343 g/mol. The van der Waals surface area contributed by atoms with Gasteiger partial charge in [-0.3, -0.25) is 5.84 Å². The molecule has 90 valence electrons. The van der Waals surface area contributed by atoms with Gasteiger partial charge in [-0.05, 0) is 35.9 Å². The first-order valence-electron chi connectivity index (χ1n) is 4.78. The zero-order valence-corrected chi connectivity index (χ0v) is 12.5. The van der Waals surface area contributed by atoms with Gasteiger partial charge in [-0.2, -0.15) is 0 Å². The average Bonchev–Trinajstić information content (AvgIpc) is 2.71. The molecule has 0 fully saturated rings. The van der Waals surface area contributed by atoms with Crippen LogP contribution in [0.25, 0.3) is 0 Å². The molecule has 0 aliphatic rings. The topological polar surface area (TPSA) is 38.0 Å². The minimum absolute atomic E-state index is 0.155. The Bertz CT molecular complexity index is 530. The van der Waals surface area contributed by atoms with E-state index in [1.165, 1.54) is 11.3 Å². The van der Waals surface area contributed by atoms with Crippen molar-refractivity contribution in [3.05, 3.63) is 54.6 Å². The standard InChI is InChI=1S/C11H9BrCl2N2S/c12-6-1-2-8(13)7(5-6)11(16-15)9-3-4-10(14)17-9/h1-5,11,16H,15H2. The lowest BCUT2D eigenvalue weighted by Gasteiger charge is -2.16. The summed E-state index contributed by atoms with van der Waals surface area (Å²) in [6, 6.07) is 9.30. The second-order valence-electron chi connectivity index (χ2n) is 3.41. The van der Waals surface area contributed by atoms with Crippen LogP contribution >= 0.6 is 50.5 Å². The molecular formula is C11H9BrCl2N2S. The quantitative estimate of drug-likeness (QED) is 0.636. The van der Waals surface area contributed by atoms with Gasteiger partial charge in [0.1, 0.15) is 0 Å². The van der Waals surface area contributed by atoms with Crippen molar-refractivity contribution in [2.45, 2.75) is 6.04 Å². The molecule has 3 N–H and O–H groups in total. The summed E-state index contributed by atoms with van der Waals surface area (Å²) in [5.41, 5.74) is 3.68. The second kappa shape index (κ2) is 5.69. The normalized spacial score (nSPS) is 12.7. The van der Waals surface area contributed by atoms with E-state index in [9.17, 15) is 0 Å². The molecule has 1 aromatic carbocycles. The zero-order valence-electron chi connectivity index (χ0n) is 8.58. The van der Waals surface area contributed by atoms with Crippen molar-refractivity contribution < 1.29 is 0 Å². The molecule has 17 heavy (non-hydrogen) atoms. The summed E-state index contributed by atoms with van der Waals surface area (Å²) in [5, 5.41) is 0.667. The Morgan fingerprint density at radius 3 is 2.59 bits per heavy atom. The number of halogens is 3. The molecule has 2 nitrogen and oxygen atoms in total. The number of rotatable bonds is 3. The van der Waals surface area contributed by atoms with Crippen LogP contribution in [-0.4, -0.2) is 0 Å². The highest BCUT2D eigenvalue weighted by Gasteiger charge is 2.17. The minimum Gasteiger partial charge on any atom is -0.271 e. The Morgan fingerprint density at radius 2 is 2.00 bits per heavy atom. The van der Waals surface area contributed by atoms with Crippen LogP contribution in [0.2, 0.25) is 9.36 Å². The van der Waals surface area contributed by atoms with Gasteiger partial charge < -0.3 is 0 Å². The van der Waals surface area contributed by atoms with Crippen molar-refractivity contribution in [2.24, 2.45) is 5.84 Å². The Kier molecular flexibility index (Phi) is 4.47. The van der Waals surface area contributed by atoms with Gasteiger partial charge in [0.25, 0.3) is 0 Å². The van der Waals surface area contributed by atoms with E-state index in [2.05, 4.69) is 21.4 Å². The Balaban J connectivity index is 2.45. The molecule has 1 aromatic heterocycles. The molecule has 0 aliphatic carbocycles. The first kappa shape index (κ1) is 13.3. The first-order chi connectivity index (χ1) is 8.11. The van der Waals surface area contributed by atoms with Gasteiger partial charge in [0.15, 0.2) is 0 Å². The molecule has 1 unspecified atom stereocenters. The number of nitrogens with one attached hydrogen (secondary N) is 1. The van der Waals surface area contributed by atoms with Gasteiger partial charge in [-0.25, -0.2) is 5.43 Å². The predicted molar refractivity (Wildman–Crippen MR) is 77.6 cm³/mol. The minimum atomic E-state index is -0.155. The summed E-state index contributed by atoms with van der Waals surface area (Å²) >= 11 is 17.0. The third kappa shape index (κ3) is 3.02. The molecule has 0 bridgehead atoms. The summed E-state index contributed by atoms with van der Waals surface area (Å²) < 4.78 is 1.69. The molecule has 0 aliphatic heterocycles. The number of hydrazine groups is 1. The van der Waals surface area contributed by atoms with Crippen LogP contribution in [0.5, 0.6) is 0 Å². The van der Waals surface area contributed by atoms with Crippen LogP contribution in [0.1, 0.15) is 16.5 Å². The van der Waals surface area contributed by atoms with Gasteiger partial charge in [0, 0.05) is 14.4 Å². The summed E-state index contributed by atoms with van der Waals surface area (Å²) in [5.74, 6) is 5.60. The first-order valence-corrected chi connectivity index (χ1v) is 7.14. The largest absolute Gasteiger partial charge is 0.271 e. The number of hydrogen-bond donors (Lipinski definition) is 2. The Morgan fingerprint density at radius 1 is 1.24 bits per heavy atom. The molecule has 2 aromatic rings. The van der Waals surface area contributed by atoms with Crippen LogP contribution in [0.4, 0.5) is 0 Å². The molecule has 6 heteroatoms. The molecule has 2 rings (SSSR count). The average molecular weight is 352 g/mol. The highest BCUT2D eigenvalue weighted by molar-refractivity contribution is 9.10. The van der Waals surface area contributed by atoms with Gasteiger partial charge in [-0.1, -0.05) is 39.1 Å². The maximum Gasteiger partial charge on any atom is 0.0931 e. The molecule has 0 radical (unpaired) electrons. The smallest absolute Gasteiger partial charge is 0.0931 e. The zero-order chi connectivity index (χ0) is 12.4. The van der Waals surface area contributed by atoms with Crippen molar-refractivity contribution >= 4 is 50.5 Å². The SMILES string of the molecule is NNC(c1ccc(Cl)s1)c1cc(Br)ccc1Cl. The third-order valence-corrected chi connectivity index (χ3v) is 4.45. The fraction of sp³-hybridized carbons (Fsp3) is 0.0909. The fourth-order valence-corrected chi connectivity index (χ4v) is 3.29. The molecule has 0 saturated carbocycles. The Labute approximate surface area is 122 Å². The Hall–Kier alpha value is -0.100. The van der Waals surface area contributed by atoms with E-state index in [4.69, 9.17) is 29.0 Å². The summed E-state index contributed by atoms with van der Waals surface area (Å²) in [7, 11) is 0. The van der Waals surface area contributed by atoms with Crippen molar-refractivity contribution in [1.82, 2.24) is 5.43 Å². The molecule has 0 spiro atoms. The van der Waals surface area contributed by atoms with Crippen molar-refractivity contribution in [1.29, 1.82) is 0 Å². The summed E-state index contributed by atoms with van der Waals surface area (Å²) in [6.07, 6.45) is 0. The van der Waals surface area contributed by atoms with Crippen LogP contribution < -0.4 is 11.3 Å². The third-order valence-electron chi connectivity index (χ3n) is 2.31. The number of nitrogens with two attached hydrogens (primary N) is 1. The number of benzene rings is 1. The van der Waals surface area contributed by atoms with Crippen LogP contribution in [0, 0.1) is 0 Å². The molecule has 0 saturated heterocycles. The maximum atomic E-state index is 6.18. The van der Waals surface area contributed by atoms with Gasteiger partial charge in [0.2, 0.25) is 0 Å². The summed E-state index contributed by atoms with van der Waals surface area (Å²) in [4.78, 5) is 1.03. The number of thiophene rings is 1. The lowest BCUT2D eigenvalue weighted by Crippen LogP contribution is -2.28. The molecule has 0 amide bonds. The van der Waals surface area contributed by atoms with Crippen LogP contribution in [0.15, 0.2) is 34.8 Å². The highest BCUT2D eigenvalue weighted by Crippen LogP contribution is 2.34. The van der Waals surface area contributed by atoms with E-state index in [-0.39, 0.29) is 6.04 Å². The lowest BCUT2D eigenvalue weighted by atomic mass is 10.1. The van der Waals surface area contributed by atoms with Crippen molar-refractivity contribution in [3.8, 4) is 0 Å². The van der Waals surface area contributed by atoms with Gasteiger partial charge in [-0.15, -0.1) is 11.3 Å². The fourth-order valence-electron chi connectivity index (χ4n) is 1.54. The lowest BCUT2D eigenvalue weighted by molar-refractivity contribution is 0.646. The number of hydrogen-bond acceptors (Lipinski definition) is 3. The van der Waals surface area contributed by atoms with E-state index >= 15 is 0 Å². The van der Waals surface area contributed by atoms with Gasteiger partial charge >= 0.3 is 0 Å². The van der Waals surface area contributed by atoms with Crippen molar-refractivity contribution in [3.63, 3.8) is 0 Å². The van der Waals surface area contributed by atoms with E-state index in [0.29, 0.717) is 5.02 Å². The highest BCUT2D eigenvalue weighted by atomic mass is 79.9. The second-order valence-corrected chi connectivity index (χ2v) is 6.48. The van der Waals surface area contributed by atoms with E-state index < -0.39 is 0 Å². The maximum absolute atomic E-state index is 6.18. The van der Waals surface area contributed by atoms with E-state index in [1.807, 2.05) is 30.3 Å². The van der Waals surface area contributed by atoms with E-state index in [0.717, 1.165) is 19.2 Å². The summed E-state index contributed by atoms with van der Waals surface area (Å²) in [6.45, 7) is 0. The van der Waals surface area contributed by atoms with Crippen LogP contribution in [0.3, 0.4) is 0 Å². The predicted octanol–water partition coefficient (Wildman–Crippen LogP) is 4.37. The van der Waals surface area contributed by atoms with Crippen molar-refractivity contribution in [2.75, 3.05) is 0 Å². The van der Waals surface area contributed by atoms with Crippen LogP contribution in [-0.2, 0) is 0 Å². The molecule has 1 heterocycles. The van der Waals surface area contributed by atoms with Gasteiger partial charge in [0.05, 0.1) is 10.4 Å². The van der Waals surface area contributed by atoms with E-state index in [1.54, 1.807) is 0 Å².